The highest BCUT2D eigenvalue weighted by atomic mass is 16.2. The molecule has 2 saturated heterocycles. The van der Waals surface area contributed by atoms with Crippen LogP contribution in [0, 0.1) is 5.92 Å². The zero-order chi connectivity index (χ0) is 17.4. The Morgan fingerprint density at radius 2 is 2.04 bits per heavy atom. The second kappa shape index (κ2) is 6.78. The van der Waals surface area contributed by atoms with E-state index in [1.807, 2.05) is 11.1 Å². The summed E-state index contributed by atoms with van der Waals surface area (Å²) < 4.78 is 2.39. The first-order chi connectivity index (χ1) is 12.1. The molecule has 1 aromatic rings. The van der Waals surface area contributed by atoms with Crippen LogP contribution < -0.4 is 5.73 Å². The number of primary amides is 1. The zero-order valence-electron chi connectivity index (χ0n) is 14.7. The van der Waals surface area contributed by atoms with Crippen LogP contribution in [0.15, 0.2) is 6.20 Å². The van der Waals surface area contributed by atoms with Crippen molar-refractivity contribution in [2.75, 3.05) is 19.6 Å². The fourth-order valence-electron chi connectivity index (χ4n) is 4.50. The molecule has 0 spiro atoms. The minimum atomic E-state index is -0.348. The maximum absolute atomic E-state index is 12.2. The number of likely N-dealkylation sites (tertiary alicyclic amines) is 2. The Labute approximate surface area is 148 Å². The smallest absolute Gasteiger partial charge is 0.223 e. The second-order valence-electron chi connectivity index (χ2n) is 7.63. The van der Waals surface area contributed by atoms with Crippen molar-refractivity contribution in [2.24, 2.45) is 11.7 Å². The third kappa shape index (κ3) is 3.29. The van der Waals surface area contributed by atoms with Crippen molar-refractivity contribution in [3.8, 4) is 0 Å². The number of fused-ring (bicyclic) bond motifs is 1. The predicted molar refractivity (Wildman–Crippen MR) is 92.5 cm³/mol. The van der Waals surface area contributed by atoms with E-state index in [0.29, 0.717) is 6.54 Å². The lowest BCUT2D eigenvalue weighted by Gasteiger charge is -2.37. The van der Waals surface area contributed by atoms with Crippen LogP contribution in [-0.4, -0.2) is 56.8 Å². The molecule has 25 heavy (non-hydrogen) atoms. The fraction of sp³-hybridized carbons (Fsp3) is 0.722. The van der Waals surface area contributed by atoms with Gasteiger partial charge in [-0.15, -0.1) is 0 Å². The van der Waals surface area contributed by atoms with E-state index in [1.165, 1.54) is 24.4 Å². The molecule has 3 aliphatic rings. The van der Waals surface area contributed by atoms with Gasteiger partial charge in [0.25, 0.3) is 0 Å². The maximum Gasteiger partial charge on any atom is 0.223 e. The summed E-state index contributed by atoms with van der Waals surface area (Å²) in [5.74, 6) is 0.672. The number of hydrogen-bond acceptors (Lipinski definition) is 4. The van der Waals surface area contributed by atoms with E-state index in [9.17, 15) is 9.59 Å². The van der Waals surface area contributed by atoms with Gasteiger partial charge in [-0.2, -0.15) is 0 Å². The van der Waals surface area contributed by atoms with E-state index in [-0.39, 0.29) is 30.2 Å². The molecule has 1 atom stereocenters. The molecule has 0 saturated carbocycles. The van der Waals surface area contributed by atoms with Gasteiger partial charge in [0, 0.05) is 57.8 Å². The number of nitrogens with zero attached hydrogens (tertiary/aromatic N) is 4. The zero-order valence-corrected chi connectivity index (χ0v) is 14.7. The molecule has 2 amide bonds. The average Bonchev–Trinajstić information content (AvgIpc) is 3.20. The molecular weight excluding hydrogens is 318 g/mol. The van der Waals surface area contributed by atoms with Gasteiger partial charge in [0.05, 0.1) is 11.6 Å². The van der Waals surface area contributed by atoms with Gasteiger partial charge >= 0.3 is 0 Å². The number of imidazole rings is 1. The summed E-state index contributed by atoms with van der Waals surface area (Å²) in [4.78, 5) is 32.5. The predicted octanol–water partition coefficient (Wildman–Crippen LogP) is 0.518. The highest BCUT2D eigenvalue weighted by Gasteiger charge is 2.38. The van der Waals surface area contributed by atoms with Crippen molar-refractivity contribution in [3.05, 3.63) is 17.7 Å². The first-order valence-corrected chi connectivity index (χ1v) is 9.46. The molecule has 4 rings (SSSR count). The summed E-state index contributed by atoms with van der Waals surface area (Å²) in [6.45, 7) is 4.51. The van der Waals surface area contributed by atoms with Gasteiger partial charge in [-0.1, -0.05) is 0 Å². The first-order valence-electron chi connectivity index (χ1n) is 9.46. The van der Waals surface area contributed by atoms with Crippen LogP contribution in [0.5, 0.6) is 0 Å². The van der Waals surface area contributed by atoms with Crippen LogP contribution in [-0.2, 0) is 29.1 Å². The minimum absolute atomic E-state index is 0.0899. The monoisotopic (exact) mass is 345 g/mol. The third-order valence-corrected chi connectivity index (χ3v) is 6.00. The van der Waals surface area contributed by atoms with Crippen molar-refractivity contribution in [2.45, 2.75) is 57.7 Å². The topological polar surface area (TPSA) is 84.5 Å². The Balaban J connectivity index is 1.32. The number of rotatable bonds is 4. The number of amides is 2. The summed E-state index contributed by atoms with van der Waals surface area (Å²) in [7, 11) is 0. The maximum atomic E-state index is 12.2. The van der Waals surface area contributed by atoms with Gasteiger partial charge in [0.15, 0.2) is 0 Å². The number of hydrogen-bond donors (Lipinski definition) is 1. The summed E-state index contributed by atoms with van der Waals surface area (Å²) in [6.07, 6.45) is 7.86. The Morgan fingerprint density at radius 1 is 1.24 bits per heavy atom. The lowest BCUT2D eigenvalue weighted by molar-refractivity contribution is -0.130. The Bertz CT molecular complexity index is 662. The van der Waals surface area contributed by atoms with Crippen LogP contribution in [0.25, 0.3) is 0 Å². The largest absolute Gasteiger partial charge is 0.369 e. The van der Waals surface area contributed by atoms with E-state index >= 15 is 0 Å². The molecule has 7 heteroatoms. The molecule has 0 radical (unpaired) electrons. The number of carbonyl (C=O) groups is 2. The molecule has 7 nitrogen and oxygen atoms in total. The van der Waals surface area contributed by atoms with Crippen molar-refractivity contribution in [1.29, 1.82) is 0 Å². The van der Waals surface area contributed by atoms with E-state index in [2.05, 4.69) is 14.5 Å². The van der Waals surface area contributed by atoms with Crippen LogP contribution in [0.3, 0.4) is 0 Å². The summed E-state index contributed by atoms with van der Waals surface area (Å²) in [6, 6.07) is 0.257. The van der Waals surface area contributed by atoms with Crippen molar-refractivity contribution in [3.63, 3.8) is 0 Å². The van der Waals surface area contributed by atoms with Gasteiger partial charge in [-0.05, 0) is 25.7 Å². The lowest BCUT2D eigenvalue weighted by atomic mass is 10.0. The molecule has 1 aromatic heterocycles. The van der Waals surface area contributed by atoms with Crippen molar-refractivity contribution < 1.29 is 9.59 Å². The molecule has 2 fully saturated rings. The van der Waals surface area contributed by atoms with E-state index < -0.39 is 0 Å². The Morgan fingerprint density at radius 3 is 2.76 bits per heavy atom. The molecular formula is C18H27N5O2. The van der Waals surface area contributed by atoms with Gasteiger partial charge < -0.3 is 15.2 Å². The minimum Gasteiger partial charge on any atom is -0.369 e. The SMILES string of the molecule is NC(=O)C1CC(=O)N(C2CCN(Cc3cnc4n3CCCC4)CC2)C1. The van der Waals surface area contributed by atoms with Gasteiger partial charge in [-0.25, -0.2) is 4.98 Å². The fourth-order valence-corrected chi connectivity index (χ4v) is 4.50. The van der Waals surface area contributed by atoms with Crippen LogP contribution >= 0.6 is 0 Å². The number of carbonyl (C=O) groups excluding carboxylic acids is 2. The molecule has 1 unspecified atom stereocenters. The van der Waals surface area contributed by atoms with Crippen LogP contribution in [0.2, 0.25) is 0 Å². The van der Waals surface area contributed by atoms with E-state index in [1.54, 1.807) is 0 Å². The Hall–Kier alpha value is -1.89. The van der Waals surface area contributed by atoms with E-state index in [0.717, 1.165) is 45.4 Å². The van der Waals surface area contributed by atoms with E-state index in [4.69, 9.17) is 5.73 Å². The van der Waals surface area contributed by atoms with Gasteiger partial charge in [0.1, 0.15) is 5.82 Å². The molecule has 136 valence electrons. The molecule has 0 bridgehead atoms. The Kier molecular flexibility index (Phi) is 4.50. The second-order valence-corrected chi connectivity index (χ2v) is 7.63. The summed E-state index contributed by atoms with van der Waals surface area (Å²) in [5.41, 5.74) is 6.69. The molecule has 2 N–H and O–H groups in total. The standard InChI is InChI=1S/C18H27N5O2/c19-18(25)13-9-17(24)23(11-13)14-4-7-21(8-5-14)12-15-10-20-16-3-1-2-6-22(15)16/h10,13-14H,1-9,11-12H2,(H2,19,25). The quantitative estimate of drug-likeness (QED) is 0.862. The number of piperidine rings is 1. The normalized spacial score (nSPS) is 25.4. The molecule has 3 aliphatic heterocycles. The van der Waals surface area contributed by atoms with Crippen molar-refractivity contribution in [1.82, 2.24) is 19.4 Å². The summed E-state index contributed by atoms with van der Waals surface area (Å²) in [5, 5.41) is 0. The highest BCUT2D eigenvalue weighted by Crippen LogP contribution is 2.26. The molecule has 4 heterocycles. The van der Waals surface area contributed by atoms with Crippen LogP contribution in [0.1, 0.15) is 43.6 Å². The summed E-state index contributed by atoms with van der Waals surface area (Å²) >= 11 is 0. The average molecular weight is 345 g/mol. The first kappa shape index (κ1) is 16.6. The van der Waals surface area contributed by atoms with Crippen LogP contribution in [0.4, 0.5) is 0 Å². The van der Waals surface area contributed by atoms with Gasteiger partial charge in [-0.3, -0.25) is 14.5 Å². The lowest BCUT2D eigenvalue weighted by Crippen LogP contribution is -2.45. The third-order valence-electron chi connectivity index (χ3n) is 6.00. The number of aryl methyl sites for hydroxylation is 1. The van der Waals surface area contributed by atoms with Gasteiger partial charge in [0.2, 0.25) is 11.8 Å². The highest BCUT2D eigenvalue weighted by molar-refractivity contribution is 5.88. The molecule has 0 aliphatic carbocycles. The number of aromatic nitrogens is 2. The molecule has 0 aromatic carbocycles. The van der Waals surface area contributed by atoms with Crippen molar-refractivity contribution >= 4 is 11.8 Å². The number of nitrogens with two attached hydrogens (primary N) is 1.